The van der Waals surface area contributed by atoms with E-state index in [0.717, 1.165) is 24.9 Å². The molecule has 1 aromatic carbocycles. The largest absolute Gasteiger partial charge is 0.487 e. The van der Waals surface area contributed by atoms with Crippen LogP contribution in [0.3, 0.4) is 0 Å². The summed E-state index contributed by atoms with van der Waals surface area (Å²) in [6.45, 7) is 3.63. The Labute approximate surface area is 109 Å². The van der Waals surface area contributed by atoms with Crippen LogP contribution < -0.4 is 10.1 Å². The van der Waals surface area contributed by atoms with Crippen molar-refractivity contribution < 1.29 is 9.13 Å². The molecule has 0 heterocycles. The van der Waals surface area contributed by atoms with E-state index in [9.17, 15) is 4.39 Å². The second-order valence-corrected chi connectivity index (χ2v) is 4.92. The zero-order valence-electron chi connectivity index (χ0n) is 11.0. The van der Waals surface area contributed by atoms with Gasteiger partial charge in [-0.05, 0) is 49.9 Å². The third-order valence-electron chi connectivity index (χ3n) is 3.42. The second kappa shape index (κ2) is 6.74. The predicted octanol–water partition coefficient (Wildman–Crippen LogP) is 3.65. The van der Waals surface area contributed by atoms with Gasteiger partial charge in [-0.15, -0.1) is 0 Å². The van der Waals surface area contributed by atoms with Crippen LogP contribution >= 0.6 is 0 Å². The molecule has 1 aromatic rings. The fourth-order valence-corrected chi connectivity index (χ4v) is 2.38. The minimum Gasteiger partial charge on any atom is -0.487 e. The molecule has 0 unspecified atom stereocenters. The van der Waals surface area contributed by atoms with Gasteiger partial charge in [0.2, 0.25) is 0 Å². The Kier molecular flexibility index (Phi) is 5.00. The fourth-order valence-electron chi connectivity index (χ4n) is 2.38. The van der Waals surface area contributed by atoms with Crippen LogP contribution in [0.1, 0.15) is 44.6 Å². The second-order valence-electron chi connectivity index (χ2n) is 4.92. The van der Waals surface area contributed by atoms with Crippen molar-refractivity contribution in [2.75, 3.05) is 6.54 Å². The van der Waals surface area contributed by atoms with Gasteiger partial charge < -0.3 is 10.1 Å². The Hall–Kier alpha value is -1.09. The smallest absolute Gasteiger partial charge is 0.165 e. The van der Waals surface area contributed by atoms with Gasteiger partial charge in [0, 0.05) is 6.54 Å². The first-order chi connectivity index (χ1) is 8.79. The lowest BCUT2D eigenvalue weighted by molar-refractivity contribution is 0.148. The fraction of sp³-hybridized carbons (Fsp3) is 0.600. The Morgan fingerprint density at radius 1 is 1.28 bits per heavy atom. The Balaban J connectivity index is 1.95. The zero-order chi connectivity index (χ0) is 12.8. The van der Waals surface area contributed by atoms with Gasteiger partial charge in [-0.2, -0.15) is 0 Å². The van der Waals surface area contributed by atoms with Gasteiger partial charge in [-0.25, -0.2) is 4.39 Å². The third kappa shape index (κ3) is 3.70. The summed E-state index contributed by atoms with van der Waals surface area (Å²) in [5.41, 5.74) is 0.963. The molecule has 0 atom stereocenters. The highest BCUT2D eigenvalue weighted by Crippen LogP contribution is 2.25. The average molecular weight is 251 g/mol. The number of hydrogen-bond donors (Lipinski definition) is 1. The Morgan fingerprint density at radius 3 is 2.72 bits per heavy atom. The van der Waals surface area contributed by atoms with Gasteiger partial charge in [0.1, 0.15) is 0 Å². The van der Waals surface area contributed by atoms with Crippen LogP contribution in [0.25, 0.3) is 0 Å². The summed E-state index contributed by atoms with van der Waals surface area (Å²) < 4.78 is 19.6. The maximum atomic E-state index is 13.9. The van der Waals surface area contributed by atoms with Crippen molar-refractivity contribution >= 4 is 0 Å². The predicted molar refractivity (Wildman–Crippen MR) is 71.3 cm³/mol. The van der Waals surface area contributed by atoms with E-state index in [0.29, 0.717) is 12.3 Å². The van der Waals surface area contributed by atoms with Crippen molar-refractivity contribution in [3.05, 3.63) is 29.6 Å². The van der Waals surface area contributed by atoms with Gasteiger partial charge in [-0.3, -0.25) is 0 Å². The normalized spacial score (nSPS) is 16.8. The molecule has 1 N–H and O–H groups in total. The molecule has 0 aromatic heterocycles. The minimum absolute atomic E-state index is 0.202. The van der Waals surface area contributed by atoms with Crippen LogP contribution in [0.4, 0.5) is 4.39 Å². The summed E-state index contributed by atoms with van der Waals surface area (Å²) >= 11 is 0. The van der Waals surface area contributed by atoms with E-state index >= 15 is 0 Å². The number of halogens is 1. The number of ether oxygens (including phenoxy) is 1. The lowest BCUT2D eigenvalue weighted by atomic mass is 9.98. The van der Waals surface area contributed by atoms with Crippen LogP contribution in [-0.4, -0.2) is 12.6 Å². The van der Waals surface area contributed by atoms with Gasteiger partial charge >= 0.3 is 0 Å². The molecule has 0 amide bonds. The SMILES string of the molecule is CCNCc1ccc(OC2CCCCC2)c(F)c1. The molecule has 0 bridgehead atoms. The molecule has 1 saturated carbocycles. The Morgan fingerprint density at radius 2 is 2.06 bits per heavy atom. The molecule has 1 fully saturated rings. The summed E-state index contributed by atoms with van der Waals surface area (Å²) in [5, 5.41) is 3.19. The van der Waals surface area contributed by atoms with Gasteiger partial charge in [0.05, 0.1) is 6.10 Å². The number of rotatable bonds is 5. The van der Waals surface area contributed by atoms with Crippen LogP contribution in [-0.2, 0) is 6.54 Å². The third-order valence-corrected chi connectivity index (χ3v) is 3.42. The molecule has 0 radical (unpaired) electrons. The summed E-state index contributed by atoms with van der Waals surface area (Å²) in [6, 6.07) is 5.27. The molecule has 0 saturated heterocycles. The molecule has 1 aliphatic rings. The molecule has 2 rings (SSSR count). The van der Waals surface area contributed by atoms with E-state index in [-0.39, 0.29) is 11.9 Å². The van der Waals surface area contributed by atoms with E-state index in [2.05, 4.69) is 5.32 Å². The monoisotopic (exact) mass is 251 g/mol. The topological polar surface area (TPSA) is 21.3 Å². The summed E-state index contributed by atoms with van der Waals surface area (Å²) in [5.74, 6) is 0.165. The van der Waals surface area contributed by atoms with Crippen molar-refractivity contribution in [2.45, 2.75) is 51.7 Å². The van der Waals surface area contributed by atoms with E-state index < -0.39 is 0 Å². The number of benzene rings is 1. The Bertz CT molecular complexity index is 375. The van der Waals surface area contributed by atoms with E-state index in [1.807, 2.05) is 13.0 Å². The van der Waals surface area contributed by atoms with Crippen molar-refractivity contribution in [2.24, 2.45) is 0 Å². The molecular formula is C15H22FNO. The highest BCUT2D eigenvalue weighted by molar-refractivity contribution is 5.29. The molecule has 0 aliphatic heterocycles. The van der Waals surface area contributed by atoms with E-state index in [1.54, 1.807) is 12.1 Å². The summed E-state index contributed by atoms with van der Waals surface area (Å²) in [6.07, 6.45) is 5.99. The maximum Gasteiger partial charge on any atom is 0.165 e. The standard InChI is InChI=1S/C15H22FNO/c1-2-17-11-12-8-9-15(14(16)10-12)18-13-6-4-3-5-7-13/h8-10,13,17H,2-7,11H2,1H3. The van der Waals surface area contributed by atoms with Crippen molar-refractivity contribution in [3.8, 4) is 5.75 Å². The van der Waals surface area contributed by atoms with Gasteiger partial charge in [0.25, 0.3) is 0 Å². The number of hydrogen-bond acceptors (Lipinski definition) is 2. The molecule has 18 heavy (non-hydrogen) atoms. The van der Waals surface area contributed by atoms with Crippen molar-refractivity contribution in [1.29, 1.82) is 0 Å². The maximum absolute atomic E-state index is 13.9. The molecule has 3 heteroatoms. The first-order valence-electron chi connectivity index (χ1n) is 6.95. The highest BCUT2D eigenvalue weighted by atomic mass is 19.1. The summed E-state index contributed by atoms with van der Waals surface area (Å²) in [7, 11) is 0. The zero-order valence-corrected chi connectivity index (χ0v) is 11.0. The molecular weight excluding hydrogens is 229 g/mol. The molecule has 100 valence electrons. The van der Waals surface area contributed by atoms with E-state index in [4.69, 9.17) is 4.74 Å². The van der Waals surface area contributed by atoms with Crippen molar-refractivity contribution in [1.82, 2.24) is 5.32 Å². The van der Waals surface area contributed by atoms with Crippen LogP contribution in [0, 0.1) is 5.82 Å². The average Bonchev–Trinajstić information content (AvgIpc) is 2.40. The lowest BCUT2D eigenvalue weighted by Gasteiger charge is -2.23. The van der Waals surface area contributed by atoms with E-state index in [1.165, 1.54) is 19.3 Å². The molecule has 2 nitrogen and oxygen atoms in total. The van der Waals surface area contributed by atoms with Crippen LogP contribution in [0.2, 0.25) is 0 Å². The highest BCUT2D eigenvalue weighted by Gasteiger charge is 2.16. The van der Waals surface area contributed by atoms with Crippen LogP contribution in [0.15, 0.2) is 18.2 Å². The first-order valence-corrected chi connectivity index (χ1v) is 6.95. The number of nitrogens with one attached hydrogen (secondary N) is 1. The van der Waals surface area contributed by atoms with Crippen molar-refractivity contribution in [3.63, 3.8) is 0 Å². The minimum atomic E-state index is -0.240. The quantitative estimate of drug-likeness (QED) is 0.862. The van der Waals surface area contributed by atoms with Crippen LogP contribution in [0.5, 0.6) is 5.75 Å². The first kappa shape index (κ1) is 13.3. The summed E-state index contributed by atoms with van der Waals surface area (Å²) in [4.78, 5) is 0. The molecule has 0 spiro atoms. The van der Waals surface area contributed by atoms with Gasteiger partial charge in [-0.1, -0.05) is 19.4 Å². The lowest BCUT2D eigenvalue weighted by Crippen LogP contribution is -2.20. The van der Waals surface area contributed by atoms with Gasteiger partial charge in [0.15, 0.2) is 11.6 Å². The molecule has 1 aliphatic carbocycles.